The average molecular weight is 240 g/mol. The van der Waals surface area contributed by atoms with Crippen molar-refractivity contribution in [1.29, 1.82) is 0 Å². The number of likely N-dealkylation sites (tertiary alicyclic amines) is 1. The van der Waals surface area contributed by atoms with Crippen LogP contribution >= 0.6 is 11.6 Å². The van der Waals surface area contributed by atoms with E-state index in [1.165, 1.54) is 0 Å². The number of nitrogens with zero attached hydrogens (tertiary/aromatic N) is 2. The van der Waals surface area contributed by atoms with Gasteiger partial charge in [0.1, 0.15) is 5.69 Å². The maximum Gasteiger partial charge on any atom is 0.270 e. The van der Waals surface area contributed by atoms with E-state index < -0.39 is 0 Å². The Morgan fingerprint density at radius 3 is 2.69 bits per heavy atom. The summed E-state index contributed by atoms with van der Waals surface area (Å²) in [6, 6.07) is 2.37. The molecule has 0 aromatic carbocycles. The van der Waals surface area contributed by atoms with Crippen molar-refractivity contribution in [3.05, 3.63) is 23.0 Å². The Morgan fingerprint density at radius 1 is 1.44 bits per heavy atom. The zero-order chi connectivity index (χ0) is 11.3. The molecule has 1 aromatic rings. The molecular weight excluding hydrogens is 226 g/mol. The van der Waals surface area contributed by atoms with Crippen LogP contribution in [0.3, 0.4) is 0 Å². The molecule has 1 saturated carbocycles. The lowest BCUT2D eigenvalue weighted by Gasteiger charge is -2.36. The molecule has 0 radical (unpaired) electrons. The van der Waals surface area contributed by atoms with E-state index in [0.717, 1.165) is 12.8 Å². The van der Waals surface area contributed by atoms with E-state index in [2.05, 4.69) is 0 Å². The Labute approximate surface area is 99.0 Å². The van der Waals surface area contributed by atoms with Crippen LogP contribution in [-0.2, 0) is 0 Å². The van der Waals surface area contributed by atoms with Gasteiger partial charge in [0.25, 0.3) is 5.91 Å². The molecule has 0 bridgehead atoms. The van der Waals surface area contributed by atoms with Crippen molar-refractivity contribution >= 4 is 17.5 Å². The van der Waals surface area contributed by atoms with Gasteiger partial charge in [0.2, 0.25) is 0 Å². The maximum atomic E-state index is 12.1. The van der Waals surface area contributed by atoms with Gasteiger partial charge in [0.05, 0.1) is 5.02 Å². The molecule has 1 aromatic heterocycles. The Morgan fingerprint density at radius 2 is 2.12 bits per heavy atom. The number of aromatic nitrogens is 1. The summed E-state index contributed by atoms with van der Waals surface area (Å²) in [5, 5.41) is 0.639. The van der Waals surface area contributed by atoms with Crippen molar-refractivity contribution in [2.24, 2.45) is 5.73 Å². The maximum absolute atomic E-state index is 12.1. The highest BCUT2D eigenvalue weighted by Gasteiger charge is 2.33. The van der Waals surface area contributed by atoms with Gasteiger partial charge in [-0.05, 0) is 18.9 Å². The fourth-order valence-electron chi connectivity index (χ4n) is 2.11. The van der Waals surface area contributed by atoms with E-state index >= 15 is 0 Å². The molecule has 1 aliphatic carbocycles. The molecule has 2 heterocycles. The monoisotopic (exact) mass is 239 g/mol. The predicted octanol–water partition coefficient (Wildman–Crippen LogP) is 1.26. The van der Waals surface area contributed by atoms with Gasteiger partial charge in [-0.1, -0.05) is 11.6 Å². The smallest absolute Gasteiger partial charge is 0.270 e. The Bertz CT molecular complexity index is 432. The van der Waals surface area contributed by atoms with Crippen LogP contribution in [0.15, 0.2) is 12.3 Å². The van der Waals surface area contributed by atoms with Crippen molar-refractivity contribution in [3.8, 4) is 0 Å². The van der Waals surface area contributed by atoms with Crippen molar-refractivity contribution in [1.82, 2.24) is 9.47 Å². The van der Waals surface area contributed by atoms with Gasteiger partial charge >= 0.3 is 0 Å². The lowest BCUT2D eigenvalue weighted by Crippen LogP contribution is -2.58. The van der Waals surface area contributed by atoms with Crippen molar-refractivity contribution in [2.75, 3.05) is 13.1 Å². The fourth-order valence-corrected chi connectivity index (χ4v) is 2.32. The number of carbonyl (C=O) groups excluding carboxylic acids is 1. The number of hydrogen-bond donors (Lipinski definition) is 1. The van der Waals surface area contributed by atoms with Gasteiger partial charge in [0, 0.05) is 31.4 Å². The van der Waals surface area contributed by atoms with Crippen LogP contribution in [0.2, 0.25) is 5.02 Å². The second-order valence-corrected chi connectivity index (χ2v) is 5.09. The predicted molar refractivity (Wildman–Crippen MR) is 61.6 cm³/mol. The molecule has 0 spiro atoms. The highest BCUT2D eigenvalue weighted by molar-refractivity contribution is 6.31. The summed E-state index contributed by atoms with van der Waals surface area (Å²) in [4.78, 5) is 13.9. The number of rotatable bonds is 2. The normalized spacial score (nSPS) is 21.0. The molecular formula is C11H14ClN3O. The van der Waals surface area contributed by atoms with Crippen molar-refractivity contribution in [2.45, 2.75) is 24.9 Å². The first kappa shape index (κ1) is 10.2. The third-order valence-corrected chi connectivity index (χ3v) is 3.38. The third-order valence-electron chi connectivity index (χ3n) is 3.17. The van der Waals surface area contributed by atoms with E-state index in [-0.39, 0.29) is 11.9 Å². The third kappa shape index (κ3) is 1.62. The van der Waals surface area contributed by atoms with Crippen molar-refractivity contribution < 1.29 is 4.79 Å². The molecule has 16 heavy (non-hydrogen) atoms. The van der Waals surface area contributed by atoms with Crippen LogP contribution in [0.25, 0.3) is 0 Å². The SMILES string of the molecule is NC1CN(C(=O)c2cc(Cl)cn2C2CC2)C1. The summed E-state index contributed by atoms with van der Waals surface area (Å²) < 4.78 is 2.01. The second kappa shape index (κ2) is 3.50. The van der Waals surface area contributed by atoms with Crippen LogP contribution in [0.1, 0.15) is 29.4 Å². The summed E-state index contributed by atoms with van der Waals surface area (Å²) in [7, 11) is 0. The standard InChI is InChI=1S/C11H14ClN3O/c12-7-3-10(15(4-7)9-1-2-9)11(16)14-5-8(13)6-14/h3-4,8-9H,1-2,5-6,13H2. The van der Waals surface area contributed by atoms with Crippen LogP contribution in [0.5, 0.6) is 0 Å². The number of amides is 1. The van der Waals surface area contributed by atoms with Crippen LogP contribution in [-0.4, -0.2) is 34.5 Å². The zero-order valence-corrected chi connectivity index (χ0v) is 9.65. The summed E-state index contributed by atoms with van der Waals surface area (Å²) in [5.74, 6) is 0.0560. The molecule has 86 valence electrons. The topological polar surface area (TPSA) is 51.3 Å². The van der Waals surface area contributed by atoms with Crippen LogP contribution in [0.4, 0.5) is 0 Å². The average Bonchev–Trinajstić information content (AvgIpc) is 2.97. The summed E-state index contributed by atoms with van der Waals surface area (Å²) in [5.41, 5.74) is 6.38. The molecule has 3 rings (SSSR count). The molecule has 0 atom stereocenters. The molecule has 2 fully saturated rings. The molecule has 1 amide bonds. The number of halogens is 1. The Kier molecular flexibility index (Phi) is 2.23. The van der Waals surface area contributed by atoms with E-state index in [1.54, 1.807) is 11.0 Å². The summed E-state index contributed by atoms with van der Waals surface area (Å²) >= 11 is 5.96. The van der Waals surface area contributed by atoms with E-state index in [1.807, 2.05) is 10.8 Å². The van der Waals surface area contributed by atoms with Gasteiger partial charge in [-0.2, -0.15) is 0 Å². The number of hydrogen-bond acceptors (Lipinski definition) is 2. The lowest BCUT2D eigenvalue weighted by molar-refractivity contribution is 0.0596. The minimum absolute atomic E-state index is 0.0560. The minimum atomic E-state index is 0.0560. The second-order valence-electron chi connectivity index (χ2n) is 4.65. The summed E-state index contributed by atoms with van der Waals surface area (Å²) in [6.45, 7) is 1.32. The minimum Gasteiger partial charge on any atom is -0.339 e. The first-order valence-electron chi connectivity index (χ1n) is 5.57. The number of carbonyl (C=O) groups is 1. The highest BCUT2D eigenvalue weighted by atomic mass is 35.5. The highest BCUT2D eigenvalue weighted by Crippen LogP contribution is 2.37. The zero-order valence-electron chi connectivity index (χ0n) is 8.90. The van der Waals surface area contributed by atoms with Gasteiger partial charge in [-0.3, -0.25) is 4.79 Å². The van der Waals surface area contributed by atoms with E-state index in [0.29, 0.717) is 29.8 Å². The van der Waals surface area contributed by atoms with E-state index in [9.17, 15) is 4.79 Å². The lowest BCUT2D eigenvalue weighted by atomic mass is 10.1. The van der Waals surface area contributed by atoms with Crippen LogP contribution in [0, 0.1) is 0 Å². The molecule has 2 aliphatic rings. The quantitative estimate of drug-likeness (QED) is 0.845. The van der Waals surface area contributed by atoms with Crippen LogP contribution < -0.4 is 5.73 Å². The Balaban J connectivity index is 1.84. The van der Waals surface area contributed by atoms with Gasteiger partial charge in [-0.15, -0.1) is 0 Å². The molecule has 0 unspecified atom stereocenters. The molecule has 4 nitrogen and oxygen atoms in total. The number of nitrogens with two attached hydrogens (primary N) is 1. The fraction of sp³-hybridized carbons (Fsp3) is 0.545. The van der Waals surface area contributed by atoms with Gasteiger partial charge in [-0.25, -0.2) is 0 Å². The summed E-state index contributed by atoms with van der Waals surface area (Å²) in [6.07, 6.45) is 4.14. The molecule has 5 heteroatoms. The molecule has 1 aliphatic heterocycles. The van der Waals surface area contributed by atoms with Gasteiger partial charge < -0.3 is 15.2 Å². The molecule has 1 saturated heterocycles. The van der Waals surface area contributed by atoms with E-state index in [4.69, 9.17) is 17.3 Å². The first-order valence-corrected chi connectivity index (χ1v) is 5.95. The Hall–Kier alpha value is -1.00. The van der Waals surface area contributed by atoms with Crippen molar-refractivity contribution in [3.63, 3.8) is 0 Å². The largest absolute Gasteiger partial charge is 0.339 e. The first-order chi connectivity index (χ1) is 7.65. The van der Waals surface area contributed by atoms with Gasteiger partial charge in [0.15, 0.2) is 0 Å². The molecule has 2 N–H and O–H groups in total.